The van der Waals surface area contributed by atoms with Crippen molar-refractivity contribution in [1.29, 1.82) is 0 Å². The van der Waals surface area contributed by atoms with Crippen molar-refractivity contribution in [2.45, 2.75) is 84.5 Å². The zero-order valence-corrected chi connectivity index (χ0v) is 19.2. The predicted octanol–water partition coefficient (Wildman–Crippen LogP) is 2.32. The van der Waals surface area contributed by atoms with Crippen LogP contribution in [0.15, 0.2) is 0 Å². The van der Waals surface area contributed by atoms with Crippen LogP contribution in [0.1, 0.15) is 66.2 Å². The molecule has 3 fully saturated rings. The van der Waals surface area contributed by atoms with Gasteiger partial charge in [-0.15, -0.1) is 0 Å². The van der Waals surface area contributed by atoms with Crippen molar-refractivity contribution in [2.24, 2.45) is 16.7 Å². The molecule has 0 aromatic heterocycles. The summed E-state index contributed by atoms with van der Waals surface area (Å²) in [5, 5.41) is 3.63. The molecule has 3 rings (SSSR count). The predicted molar refractivity (Wildman–Crippen MR) is 113 cm³/mol. The summed E-state index contributed by atoms with van der Waals surface area (Å²) < 4.78 is 11.1. The Morgan fingerprint density at radius 1 is 1.17 bits per heavy atom. The molecule has 2 aliphatic heterocycles. The minimum absolute atomic E-state index is 0.0661. The van der Waals surface area contributed by atoms with E-state index in [1.54, 1.807) is 20.8 Å². The van der Waals surface area contributed by atoms with Gasteiger partial charge < -0.3 is 19.7 Å². The van der Waals surface area contributed by atoms with Gasteiger partial charge in [0.2, 0.25) is 5.91 Å². The summed E-state index contributed by atoms with van der Waals surface area (Å²) in [6.45, 7) is 9.65. The number of Topliss-reactive ketones (excluding diaryl/α,β-unsaturated/α-hetero) is 1. The summed E-state index contributed by atoms with van der Waals surface area (Å²) in [5.41, 5.74) is -2.19. The third-order valence-corrected chi connectivity index (χ3v) is 7.56. The van der Waals surface area contributed by atoms with E-state index in [1.807, 2.05) is 11.8 Å². The maximum atomic E-state index is 13.2. The summed E-state index contributed by atoms with van der Waals surface area (Å²) in [5.74, 6) is 0.156. The molecule has 0 spiro atoms. The Balaban J connectivity index is 1.55. The fraction of sp³-hybridized carbons (Fsp3) is 0.870. The van der Waals surface area contributed by atoms with Gasteiger partial charge in [-0.2, -0.15) is 0 Å². The van der Waals surface area contributed by atoms with Crippen LogP contribution in [-0.2, 0) is 23.9 Å². The fourth-order valence-electron chi connectivity index (χ4n) is 4.75. The topological polar surface area (TPSA) is 84.9 Å². The van der Waals surface area contributed by atoms with Gasteiger partial charge in [0.25, 0.3) is 0 Å². The van der Waals surface area contributed by atoms with E-state index in [9.17, 15) is 14.4 Å². The van der Waals surface area contributed by atoms with Crippen LogP contribution >= 0.6 is 0 Å². The Kier molecular flexibility index (Phi) is 6.92. The molecule has 170 valence electrons. The van der Waals surface area contributed by atoms with Crippen molar-refractivity contribution in [2.75, 3.05) is 26.7 Å². The molecule has 0 aromatic rings. The lowest BCUT2D eigenvalue weighted by atomic mass is 9.64. The first-order chi connectivity index (χ1) is 14.1. The van der Waals surface area contributed by atoms with Gasteiger partial charge in [0.1, 0.15) is 5.41 Å². The Bertz CT molecular complexity index is 667. The summed E-state index contributed by atoms with van der Waals surface area (Å²) in [6.07, 6.45) is 4.23. The Morgan fingerprint density at radius 2 is 1.80 bits per heavy atom. The van der Waals surface area contributed by atoms with Crippen LogP contribution in [0.3, 0.4) is 0 Å². The number of piperidine rings is 1. The summed E-state index contributed by atoms with van der Waals surface area (Å²) in [7, 11) is 1.29. The van der Waals surface area contributed by atoms with Gasteiger partial charge in [-0.05, 0) is 58.4 Å². The molecule has 2 heterocycles. The number of nitrogens with one attached hydrogen (secondary N) is 1. The SMILES string of the molecule is COC(=O)[C@@]1(C)C(=O)C(C)(C)[C@@H](C)O[C@H]1CCC(=O)N1CCC(NCC2CC2)CC1. The minimum atomic E-state index is -1.40. The zero-order chi connectivity index (χ0) is 22.1. The van der Waals surface area contributed by atoms with Gasteiger partial charge >= 0.3 is 5.97 Å². The third kappa shape index (κ3) is 4.57. The van der Waals surface area contributed by atoms with E-state index in [0.717, 1.165) is 38.4 Å². The highest BCUT2D eigenvalue weighted by Crippen LogP contribution is 2.45. The van der Waals surface area contributed by atoms with Gasteiger partial charge in [-0.1, -0.05) is 13.8 Å². The number of nitrogens with zero attached hydrogens (tertiary/aromatic N) is 1. The van der Waals surface area contributed by atoms with Crippen molar-refractivity contribution < 1.29 is 23.9 Å². The van der Waals surface area contributed by atoms with E-state index in [0.29, 0.717) is 12.5 Å². The molecule has 30 heavy (non-hydrogen) atoms. The average molecular weight is 423 g/mol. The van der Waals surface area contributed by atoms with Crippen LogP contribution in [0.2, 0.25) is 0 Å². The monoisotopic (exact) mass is 422 g/mol. The van der Waals surface area contributed by atoms with E-state index in [1.165, 1.54) is 20.0 Å². The molecule has 0 unspecified atom stereocenters. The molecule has 0 bridgehead atoms. The molecule has 3 aliphatic rings. The maximum absolute atomic E-state index is 13.2. The Labute approximate surface area is 180 Å². The van der Waals surface area contributed by atoms with Crippen LogP contribution < -0.4 is 5.32 Å². The molecule has 2 saturated heterocycles. The number of rotatable bonds is 7. The highest BCUT2D eigenvalue weighted by atomic mass is 16.5. The Hall–Kier alpha value is -1.47. The van der Waals surface area contributed by atoms with Crippen LogP contribution in [-0.4, -0.2) is 67.6 Å². The van der Waals surface area contributed by atoms with Gasteiger partial charge in [-0.25, -0.2) is 0 Å². The molecular formula is C23H38N2O5. The average Bonchev–Trinajstić information content (AvgIpc) is 3.56. The molecule has 1 N–H and O–H groups in total. The number of hydrogen-bond donors (Lipinski definition) is 1. The summed E-state index contributed by atoms with van der Waals surface area (Å²) >= 11 is 0. The largest absolute Gasteiger partial charge is 0.468 e. The van der Waals surface area contributed by atoms with Crippen LogP contribution in [0, 0.1) is 16.7 Å². The molecular weight excluding hydrogens is 384 g/mol. The second-order valence-electron chi connectivity index (χ2n) is 10.1. The van der Waals surface area contributed by atoms with Crippen molar-refractivity contribution in [1.82, 2.24) is 10.2 Å². The van der Waals surface area contributed by atoms with Gasteiger partial charge in [-0.3, -0.25) is 14.4 Å². The first kappa shape index (κ1) is 23.2. The van der Waals surface area contributed by atoms with Gasteiger partial charge in [0, 0.05) is 25.6 Å². The standard InChI is InChI=1S/C23H38N2O5/c1-15-22(2,3)20(27)23(4,21(28)29-5)18(30-15)8-9-19(26)25-12-10-17(11-13-25)24-14-16-6-7-16/h15-18,24H,6-14H2,1-5H3/t15-,18+,23-/m1/s1. The molecule has 1 saturated carbocycles. The summed E-state index contributed by atoms with van der Waals surface area (Å²) in [4.78, 5) is 40.5. The molecule has 0 radical (unpaired) electrons. The Morgan fingerprint density at radius 3 is 2.37 bits per heavy atom. The molecule has 1 amide bonds. The lowest BCUT2D eigenvalue weighted by Crippen LogP contribution is -2.61. The second kappa shape index (κ2) is 8.95. The number of esters is 1. The van der Waals surface area contributed by atoms with Crippen molar-refractivity contribution in [3.05, 3.63) is 0 Å². The number of hydrogen-bond acceptors (Lipinski definition) is 6. The zero-order valence-electron chi connectivity index (χ0n) is 19.2. The smallest absolute Gasteiger partial charge is 0.321 e. The van der Waals surface area contributed by atoms with E-state index in [-0.39, 0.29) is 24.2 Å². The van der Waals surface area contributed by atoms with E-state index >= 15 is 0 Å². The summed E-state index contributed by atoms with van der Waals surface area (Å²) in [6, 6.07) is 0.500. The minimum Gasteiger partial charge on any atom is -0.468 e. The lowest BCUT2D eigenvalue weighted by Gasteiger charge is -2.48. The van der Waals surface area contributed by atoms with Gasteiger partial charge in [0.05, 0.1) is 24.7 Å². The quantitative estimate of drug-likeness (QED) is 0.501. The molecule has 0 aromatic carbocycles. The number of likely N-dealkylation sites (tertiary alicyclic amines) is 1. The maximum Gasteiger partial charge on any atom is 0.321 e. The highest BCUT2D eigenvalue weighted by Gasteiger charge is 2.60. The van der Waals surface area contributed by atoms with Crippen molar-refractivity contribution >= 4 is 17.7 Å². The number of amides is 1. The van der Waals surface area contributed by atoms with Crippen molar-refractivity contribution in [3.8, 4) is 0 Å². The molecule has 7 nitrogen and oxygen atoms in total. The first-order valence-electron chi connectivity index (χ1n) is 11.4. The number of ketones is 1. The van der Waals surface area contributed by atoms with Gasteiger partial charge in [0.15, 0.2) is 5.78 Å². The number of carbonyl (C=O) groups is 3. The van der Waals surface area contributed by atoms with Crippen LogP contribution in [0.25, 0.3) is 0 Å². The number of carbonyl (C=O) groups excluding carboxylic acids is 3. The first-order valence-corrected chi connectivity index (χ1v) is 11.4. The van der Waals surface area contributed by atoms with Crippen LogP contribution in [0.4, 0.5) is 0 Å². The fourth-order valence-corrected chi connectivity index (χ4v) is 4.75. The molecule has 3 atom stereocenters. The van der Waals surface area contributed by atoms with E-state index in [2.05, 4.69) is 5.32 Å². The third-order valence-electron chi connectivity index (χ3n) is 7.56. The van der Waals surface area contributed by atoms with E-state index < -0.39 is 22.9 Å². The number of ether oxygens (including phenoxy) is 2. The normalized spacial score (nSPS) is 32.2. The van der Waals surface area contributed by atoms with Crippen molar-refractivity contribution in [3.63, 3.8) is 0 Å². The lowest BCUT2D eigenvalue weighted by molar-refractivity contribution is -0.200. The second-order valence-corrected chi connectivity index (χ2v) is 10.1. The van der Waals surface area contributed by atoms with Crippen LogP contribution in [0.5, 0.6) is 0 Å². The molecule has 7 heteroatoms. The van der Waals surface area contributed by atoms with E-state index in [4.69, 9.17) is 9.47 Å². The number of methoxy groups -OCH3 is 1. The highest BCUT2D eigenvalue weighted by molar-refractivity contribution is 6.07. The molecule has 1 aliphatic carbocycles.